The third-order valence-corrected chi connectivity index (χ3v) is 11.7. The van der Waals surface area contributed by atoms with Gasteiger partial charge in [-0.25, -0.2) is 9.97 Å². The van der Waals surface area contributed by atoms with Gasteiger partial charge in [-0.1, -0.05) is 167 Å². The van der Waals surface area contributed by atoms with Crippen LogP contribution in [0.1, 0.15) is 49.9 Å². The van der Waals surface area contributed by atoms with Gasteiger partial charge in [-0.2, -0.15) is 0 Å². The van der Waals surface area contributed by atoms with Gasteiger partial charge in [-0.05, 0) is 68.8 Å². The molecule has 0 aliphatic heterocycles. The van der Waals surface area contributed by atoms with Crippen LogP contribution < -0.4 is 4.90 Å². The molecule has 3 nitrogen and oxygen atoms in total. The molecule has 2 aliphatic rings. The van der Waals surface area contributed by atoms with Crippen molar-refractivity contribution in [3.8, 4) is 44.8 Å². The van der Waals surface area contributed by atoms with Crippen LogP contribution in [0.2, 0.25) is 0 Å². The highest BCUT2D eigenvalue weighted by Crippen LogP contribution is 2.58. The van der Waals surface area contributed by atoms with Gasteiger partial charge in [0.1, 0.15) is 5.82 Å². The minimum Gasteiger partial charge on any atom is -0.293 e. The number of aromatic nitrogens is 2. The highest BCUT2D eigenvalue weighted by molar-refractivity contribution is 6.04. The molecule has 3 heteroatoms. The Labute approximate surface area is 311 Å². The van der Waals surface area contributed by atoms with E-state index in [0.29, 0.717) is 5.82 Å². The fourth-order valence-electron chi connectivity index (χ4n) is 9.00. The van der Waals surface area contributed by atoms with Crippen molar-refractivity contribution in [2.75, 3.05) is 4.90 Å². The van der Waals surface area contributed by atoms with Crippen molar-refractivity contribution in [3.63, 3.8) is 0 Å². The molecule has 0 bridgehead atoms. The summed E-state index contributed by atoms with van der Waals surface area (Å²) in [6.45, 7) is 9.40. The molecule has 0 amide bonds. The second-order valence-corrected chi connectivity index (χ2v) is 15.4. The summed E-state index contributed by atoms with van der Waals surface area (Å²) in [5, 5.41) is 1.00. The molecule has 2 aliphatic carbocycles. The molecular formula is C50H39N3. The summed E-state index contributed by atoms with van der Waals surface area (Å²) in [6.07, 6.45) is 0. The van der Waals surface area contributed by atoms with Crippen LogP contribution in [-0.2, 0) is 10.8 Å². The Morgan fingerprint density at radius 2 is 0.868 bits per heavy atom. The predicted octanol–water partition coefficient (Wildman–Crippen LogP) is 13.0. The maximum absolute atomic E-state index is 5.58. The van der Waals surface area contributed by atoms with Crippen LogP contribution >= 0.6 is 0 Å². The van der Waals surface area contributed by atoms with Gasteiger partial charge < -0.3 is 0 Å². The van der Waals surface area contributed by atoms with Gasteiger partial charge in [0.05, 0.1) is 16.9 Å². The van der Waals surface area contributed by atoms with E-state index in [1.54, 1.807) is 0 Å². The molecule has 0 atom stereocenters. The number of nitrogens with zero attached hydrogens (tertiary/aromatic N) is 3. The van der Waals surface area contributed by atoms with Gasteiger partial charge in [0.25, 0.3) is 0 Å². The highest BCUT2D eigenvalue weighted by Gasteiger charge is 2.41. The van der Waals surface area contributed by atoms with Crippen LogP contribution in [0.5, 0.6) is 0 Å². The van der Waals surface area contributed by atoms with Crippen molar-refractivity contribution in [1.82, 2.24) is 9.97 Å². The monoisotopic (exact) mass is 681 g/mol. The summed E-state index contributed by atoms with van der Waals surface area (Å²) in [7, 11) is 0. The molecule has 10 rings (SSSR count). The lowest BCUT2D eigenvalue weighted by molar-refractivity contribution is 0.660. The maximum Gasteiger partial charge on any atom is 0.162 e. The molecule has 1 aromatic heterocycles. The Bertz CT molecular complexity index is 2620. The Morgan fingerprint density at radius 3 is 1.47 bits per heavy atom. The standard InChI is InChI=1S/C50H39N3/c1-49(2)38-21-11-8-18-35(38)45-40(49)23-14-26-43(45)53(44-27-15-24-41-46(44)36-19-9-12-22-39(36)50(41,3)4)48-37-20-10-13-25-42(37)51-47(52-48)34-30-28-33(29-31-34)32-16-6-5-7-17-32/h5-31H,1-4H3. The number of hydrogen-bond donors (Lipinski definition) is 0. The number of fused-ring (bicyclic) bond motifs is 7. The summed E-state index contributed by atoms with van der Waals surface area (Å²) in [5.74, 6) is 1.56. The molecular weight excluding hydrogens is 643 g/mol. The minimum atomic E-state index is -0.153. The molecule has 0 N–H and O–H groups in total. The quantitative estimate of drug-likeness (QED) is 0.181. The van der Waals surface area contributed by atoms with E-state index in [4.69, 9.17) is 9.97 Å². The summed E-state index contributed by atoms with van der Waals surface area (Å²) in [4.78, 5) is 13.2. The van der Waals surface area contributed by atoms with Crippen molar-refractivity contribution in [2.24, 2.45) is 0 Å². The lowest BCUT2D eigenvalue weighted by atomic mass is 9.82. The van der Waals surface area contributed by atoms with Crippen molar-refractivity contribution in [3.05, 3.63) is 186 Å². The van der Waals surface area contributed by atoms with Crippen molar-refractivity contribution in [1.29, 1.82) is 0 Å². The molecule has 0 spiro atoms. The molecule has 0 saturated carbocycles. The second kappa shape index (κ2) is 11.6. The number of hydrogen-bond acceptors (Lipinski definition) is 3. The minimum absolute atomic E-state index is 0.153. The Kier molecular flexibility index (Phi) is 6.87. The lowest BCUT2D eigenvalue weighted by Crippen LogP contribution is -2.18. The van der Waals surface area contributed by atoms with E-state index < -0.39 is 0 Å². The molecule has 254 valence electrons. The largest absolute Gasteiger partial charge is 0.293 e. The molecule has 53 heavy (non-hydrogen) atoms. The van der Waals surface area contributed by atoms with Gasteiger partial charge in [-0.3, -0.25) is 4.90 Å². The van der Waals surface area contributed by atoms with E-state index in [9.17, 15) is 0 Å². The summed E-state index contributed by atoms with van der Waals surface area (Å²) >= 11 is 0. The van der Waals surface area contributed by atoms with Gasteiger partial charge in [0.15, 0.2) is 5.82 Å². The Hall–Kier alpha value is -6.32. The van der Waals surface area contributed by atoms with E-state index in [1.807, 2.05) is 0 Å². The van der Waals surface area contributed by atoms with E-state index in [-0.39, 0.29) is 10.8 Å². The van der Waals surface area contributed by atoms with Crippen LogP contribution in [0.4, 0.5) is 17.2 Å². The van der Waals surface area contributed by atoms with Gasteiger partial charge in [0.2, 0.25) is 0 Å². The zero-order valence-corrected chi connectivity index (χ0v) is 30.4. The van der Waals surface area contributed by atoms with Crippen molar-refractivity contribution in [2.45, 2.75) is 38.5 Å². The Balaban J connectivity index is 1.28. The first-order valence-corrected chi connectivity index (χ1v) is 18.5. The average Bonchev–Trinajstić information content (AvgIpc) is 3.59. The summed E-state index contributed by atoms with van der Waals surface area (Å²) in [5.41, 5.74) is 16.6. The van der Waals surface area contributed by atoms with Gasteiger partial charge in [0, 0.05) is 32.9 Å². The first kappa shape index (κ1) is 31.4. The zero-order chi connectivity index (χ0) is 35.9. The number of rotatable bonds is 5. The third-order valence-electron chi connectivity index (χ3n) is 11.7. The number of anilines is 3. The number of benzene rings is 7. The van der Waals surface area contributed by atoms with E-state index in [0.717, 1.165) is 33.7 Å². The average molecular weight is 682 g/mol. The van der Waals surface area contributed by atoms with E-state index in [2.05, 4.69) is 196 Å². The second-order valence-electron chi connectivity index (χ2n) is 15.4. The fourth-order valence-corrected chi connectivity index (χ4v) is 9.00. The maximum atomic E-state index is 5.58. The molecule has 0 unspecified atom stereocenters. The van der Waals surface area contributed by atoms with Crippen LogP contribution in [0.25, 0.3) is 55.7 Å². The van der Waals surface area contributed by atoms with Crippen molar-refractivity contribution >= 4 is 28.1 Å². The molecule has 7 aromatic carbocycles. The molecule has 1 heterocycles. The Morgan fingerprint density at radius 1 is 0.396 bits per heavy atom. The highest BCUT2D eigenvalue weighted by atomic mass is 15.2. The molecule has 0 fully saturated rings. The lowest BCUT2D eigenvalue weighted by Gasteiger charge is -2.31. The van der Waals surface area contributed by atoms with Crippen LogP contribution in [-0.4, -0.2) is 9.97 Å². The first-order chi connectivity index (χ1) is 25.8. The van der Waals surface area contributed by atoms with Crippen LogP contribution in [0.3, 0.4) is 0 Å². The van der Waals surface area contributed by atoms with E-state index in [1.165, 1.54) is 55.6 Å². The predicted molar refractivity (Wildman–Crippen MR) is 220 cm³/mol. The third kappa shape index (κ3) is 4.67. The van der Waals surface area contributed by atoms with Crippen LogP contribution in [0.15, 0.2) is 164 Å². The topological polar surface area (TPSA) is 29.0 Å². The zero-order valence-electron chi connectivity index (χ0n) is 30.4. The molecule has 0 radical (unpaired) electrons. The summed E-state index contributed by atoms with van der Waals surface area (Å²) in [6, 6.07) is 59.1. The SMILES string of the molecule is CC1(C)c2ccccc2-c2c(N(c3cccc4c3-c3ccccc3C4(C)C)c3nc(-c4ccc(-c5ccccc5)cc4)nc4ccccc34)cccc21. The molecule has 0 saturated heterocycles. The summed E-state index contributed by atoms with van der Waals surface area (Å²) < 4.78 is 0. The van der Waals surface area contributed by atoms with E-state index >= 15 is 0 Å². The smallest absolute Gasteiger partial charge is 0.162 e. The first-order valence-electron chi connectivity index (χ1n) is 18.5. The van der Waals surface area contributed by atoms with Gasteiger partial charge >= 0.3 is 0 Å². The van der Waals surface area contributed by atoms with Gasteiger partial charge in [-0.15, -0.1) is 0 Å². The van der Waals surface area contributed by atoms with Crippen LogP contribution in [0, 0.1) is 0 Å². The number of para-hydroxylation sites is 1. The van der Waals surface area contributed by atoms with Crippen molar-refractivity contribution < 1.29 is 0 Å². The normalized spacial score (nSPS) is 14.3. The molecule has 8 aromatic rings. The fraction of sp³-hybridized carbons (Fsp3) is 0.120.